The number of nitrogens with zero attached hydrogens (tertiary/aromatic N) is 2. The molecular formula is C14H16ClN3O. The van der Waals surface area contributed by atoms with Gasteiger partial charge in [0.2, 0.25) is 5.88 Å². The van der Waals surface area contributed by atoms with Gasteiger partial charge in [-0.1, -0.05) is 25.4 Å². The quantitative estimate of drug-likeness (QED) is 0.910. The first-order valence-electron chi connectivity index (χ1n) is 6.10. The van der Waals surface area contributed by atoms with E-state index in [9.17, 15) is 0 Å². The van der Waals surface area contributed by atoms with Crippen LogP contribution in [0.1, 0.15) is 19.4 Å². The third-order valence-electron chi connectivity index (χ3n) is 2.42. The molecule has 0 unspecified atom stereocenters. The summed E-state index contributed by atoms with van der Waals surface area (Å²) >= 11 is 5.85. The Morgan fingerprint density at radius 2 is 2.16 bits per heavy atom. The molecule has 0 saturated carbocycles. The zero-order chi connectivity index (χ0) is 13.7. The Balaban J connectivity index is 2.06. The lowest BCUT2D eigenvalue weighted by Gasteiger charge is -2.09. The third kappa shape index (κ3) is 4.50. The summed E-state index contributed by atoms with van der Waals surface area (Å²) in [6.45, 7) is 5.00. The molecule has 0 fully saturated rings. The van der Waals surface area contributed by atoms with E-state index in [4.69, 9.17) is 16.3 Å². The number of hydrogen-bond acceptors (Lipinski definition) is 4. The Kier molecular flexibility index (Phi) is 4.71. The van der Waals surface area contributed by atoms with Crippen molar-refractivity contribution in [2.75, 3.05) is 0 Å². The summed E-state index contributed by atoms with van der Waals surface area (Å²) < 4.78 is 5.62. The van der Waals surface area contributed by atoms with Crippen molar-refractivity contribution < 1.29 is 4.74 Å². The predicted octanol–water partition coefficient (Wildman–Crippen LogP) is 3.42. The molecule has 2 rings (SSSR count). The topological polar surface area (TPSA) is 47.0 Å². The summed E-state index contributed by atoms with van der Waals surface area (Å²) in [5.74, 6) is 1.11. The van der Waals surface area contributed by atoms with Gasteiger partial charge in [0.15, 0.2) is 0 Å². The van der Waals surface area contributed by atoms with Gasteiger partial charge in [-0.2, -0.15) is 0 Å². The second-order valence-electron chi connectivity index (χ2n) is 4.48. The first-order chi connectivity index (χ1) is 9.13. The maximum Gasteiger partial charge on any atom is 0.219 e. The summed E-state index contributed by atoms with van der Waals surface area (Å²) in [6, 6.07) is 6.00. The minimum absolute atomic E-state index is 0.440. The molecule has 0 aliphatic heterocycles. The lowest BCUT2D eigenvalue weighted by atomic mass is 10.2. The van der Waals surface area contributed by atoms with Crippen LogP contribution in [0.25, 0.3) is 0 Å². The molecule has 19 heavy (non-hydrogen) atoms. The van der Waals surface area contributed by atoms with Gasteiger partial charge in [-0.05, 0) is 11.6 Å². The Hall–Kier alpha value is -1.65. The number of ether oxygens (including phenoxy) is 1. The average Bonchev–Trinajstić information content (AvgIpc) is 2.37. The molecule has 2 heterocycles. The first-order valence-corrected chi connectivity index (χ1v) is 6.48. The van der Waals surface area contributed by atoms with E-state index in [0.29, 0.717) is 22.7 Å². The van der Waals surface area contributed by atoms with E-state index in [0.717, 1.165) is 12.1 Å². The van der Waals surface area contributed by atoms with Gasteiger partial charge in [0.1, 0.15) is 5.75 Å². The van der Waals surface area contributed by atoms with E-state index >= 15 is 0 Å². The molecule has 1 N–H and O–H groups in total. The molecule has 2 aromatic heterocycles. The van der Waals surface area contributed by atoms with Gasteiger partial charge in [-0.25, -0.2) is 4.98 Å². The Morgan fingerprint density at radius 1 is 1.32 bits per heavy atom. The fourth-order valence-corrected chi connectivity index (χ4v) is 1.67. The lowest BCUT2D eigenvalue weighted by molar-refractivity contribution is 0.459. The largest absolute Gasteiger partial charge is 0.437 e. The highest BCUT2D eigenvalue weighted by Gasteiger charge is 2.02. The number of nitrogens with one attached hydrogen (secondary N) is 1. The van der Waals surface area contributed by atoms with Gasteiger partial charge in [0.05, 0.1) is 11.2 Å². The molecule has 2 aromatic rings. The zero-order valence-electron chi connectivity index (χ0n) is 10.9. The third-order valence-corrected chi connectivity index (χ3v) is 2.62. The van der Waals surface area contributed by atoms with Gasteiger partial charge in [0.25, 0.3) is 0 Å². The molecule has 0 aromatic carbocycles. The summed E-state index contributed by atoms with van der Waals surface area (Å²) in [5, 5.41) is 3.88. The Morgan fingerprint density at radius 3 is 2.89 bits per heavy atom. The highest BCUT2D eigenvalue weighted by molar-refractivity contribution is 6.30. The minimum Gasteiger partial charge on any atom is -0.437 e. The standard InChI is InChI=1S/C14H16ClN3O/c1-10(2)18-7-11-3-4-17-14(5-11)19-13-6-12(15)8-16-9-13/h3-6,8-10,18H,7H2,1-2H3. The average molecular weight is 278 g/mol. The summed E-state index contributed by atoms with van der Waals surface area (Å²) in [6.07, 6.45) is 4.89. The van der Waals surface area contributed by atoms with Crippen LogP contribution >= 0.6 is 11.6 Å². The number of rotatable bonds is 5. The molecule has 4 nitrogen and oxygen atoms in total. The van der Waals surface area contributed by atoms with Crippen molar-refractivity contribution in [2.24, 2.45) is 0 Å². The van der Waals surface area contributed by atoms with Crippen molar-refractivity contribution in [1.82, 2.24) is 15.3 Å². The second-order valence-corrected chi connectivity index (χ2v) is 4.92. The molecule has 0 aliphatic carbocycles. The van der Waals surface area contributed by atoms with Crippen molar-refractivity contribution in [3.8, 4) is 11.6 Å². The Bertz CT molecular complexity index is 546. The van der Waals surface area contributed by atoms with Crippen molar-refractivity contribution >= 4 is 11.6 Å². The summed E-state index contributed by atoms with van der Waals surface area (Å²) in [7, 11) is 0. The van der Waals surface area contributed by atoms with Gasteiger partial charge in [0, 0.05) is 37.1 Å². The van der Waals surface area contributed by atoms with Crippen molar-refractivity contribution in [3.63, 3.8) is 0 Å². The van der Waals surface area contributed by atoms with Crippen LogP contribution in [0, 0.1) is 0 Å². The molecule has 0 atom stereocenters. The molecule has 0 amide bonds. The van der Waals surface area contributed by atoms with Crippen LogP contribution in [0.4, 0.5) is 0 Å². The molecule has 0 radical (unpaired) electrons. The molecule has 0 spiro atoms. The van der Waals surface area contributed by atoms with E-state index < -0.39 is 0 Å². The molecule has 0 bridgehead atoms. The highest BCUT2D eigenvalue weighted by atomic mass is 35.5. The fourth-order valence-electron chi connectivity index (χ4n) is 1.51. The van der Waals surface area contributed by atoms with E-state index in [1.54, 1.807) is 24.7 Å². The van der Waals surface area contributed by atoms with Crippen LogP contribution in [0.5, 0.6) is 11.6 Å². The van der Waals surface area contributed by atoms with E-state index in [-0.39, 0.29) is 0 Å². The minimum atomic E-state index is 0.440. The predicted molar refractivity (Wildman–Crippen MR) is 75.5 cm³/mol. The maximum absolute atomic E-state index is 5.85. The molecule has 5 heteroatoms. The zero-order valence-corrected chi connectivity index (χ0v) is 11.7. The van der Waals surface area contributed by atoms with E-state index in [1.807, 2.05) is 12.1 Å². The fraction of sp³-hybridized carbons (Fsp3) is 0.286. The van der Waals surface area contributed by atoms with Crippen molar-refractivity contribution in [2.45, 2.75) is 26.4 Å². The van der Waals surface area contributed by atoms with E-state index in [2.05, 4.69) is 29.1 Å². The van der Waals surface area contributed by atoms with Crippen LogP contribution in [-0.4, -0.2) is 16.0 Å². The molecular weight excluding hydrogens is 262 g/mol. The van der Waals surface area contributed by atoms with Crippen LogP contribution in [0.2, 0.25) is 5.02 Å². The number of hydrogen-bond donors (Lipinski definition) is 1. The number of halogens is 1. The van der Waals surface area contributed by atoms with Gasteiger partial charge < -0.3 is 10.1 Å². The van der Waals surface area contributed by atoms with Gasteiger partial charge >= 0.3 is 0 Å². The first kappa shape index (κ1) is 13.8. The van der Waals surface area contributed by atoms with Crippen LogP contribution in [0.15, 0.2) is 36.8 Å². The van der Waals surface area contributed by atoms with Crippen LogP contribution in [-0.2, 0) is 6.54 Å². The maximum atomic E-state index is 5.85. The van der Waals surface area contributed by atoms with Crippen LogP contribution < -0.4 is 10.1 Å². The lowest BCUT2D eigenvalue weighted by Crippen LogP contribution is -2.21. The van der Waals surface area contributed by atoms with Crippen molar-refractivity contribution in [1.29, 1.82) is 0 Å². The summed E-state index contributed by atoms with van der Waals surface area (Å²) in [5.41, 5.74) is 1.12. The smallest absolute Gasteiger partial charge is 0.219 e. The normalized spacial score (nSPS) is 10.7. The number of aromatic nitrogens is 2. The van der Waals surface area contributed by atoms with Crippen molar-refractivity contribution in [3.05, 3.63) is 47.4 Å². The monoisotopic (exact) mass is 277 g/mol. The SMILES string of the molecule is CC(C)NCc1ccnc(Oc2cncc(Cl)c2)c1. The molecule has 0 aliphatic rings. The van der Waals surface area contributed by atoms with E-state index in [1.165, 1.54) is 0 Å². The molecule has 0 saturated heterocycles. The molecule has 100 valence electrons. The second kappa shape index (κ2) is 6.50. The number of pyridine rings is 2. The van der Waals surface area contributed by atoms with Crippen LogP contribution in [0.3, 0.4) is 0 Å². The Labute approximate surface area is 117 Å². The highest BCUT2D eigenvalue weighted by Crippen LogP contribution is 2.21. The van der Waals surface area contributed by atoms with Gasteiger partial charge in [-0.15, -0.1) is 0 Å². The summed E-state index contributed by atoms with van der Waals surface area (Å²) in [4.78, 5) is 8.14. The van der Waals surface area contributed by atoms with Gasteiger partial charge in [-0.3, -0.25) is 4.98 Å².